The molecule has 94 valence electrons. The van der Waals surface area contributed by atoms with Gasteiger partial charge >= 0.3 is 0 Å². The molecule has 0 fully saturated rings. The molecule has 0 amide bonds. The van der Waals surface area contributed by atoms with E-state index >= 15 is 0 Å². The number of hydrogen-bond acceptors (Lipinski definition) is 1. The Bertz CT molecular complexity index is 714. The van der Waals surface area contributed by atoms with Crippen molar-refractivity contribution in [2.75, 3.05) is 0 Å². The number of H-pyrrole nitrogens is 1. The first-order valence-corrected chi connectivity index (χ1v) is 6.55. The summed E-state index contributed by atoms with van der Waals surface area (Å²) in [4.78, 5) is 7.80. The van der Waals surface area contributed by atoms with Crippen LogP contribution in [0.25, 0.3) is 17.1 Å². The van der Waals surface area contributed by atoms with Crippen LogP contribution in [-0.2, 0) is 6.42 Å². The number of hydrogen-bond donors (Lipinski definition) is 1. The Morgan fingerprint density at radius 1 is 1.11 bits per heavy atom. The standard InChI is InChI=1S/C16H13ClN2/c17-13-9-10-14-15(11-13)19-16(18-14)8-4-7-12-5-2-1-3-6-12/h1-7,9-11H,8H2,(H,18,19). The van der Waals surface area contributed by atoms with Gasteiger partial charge in [-0.3, -0.25) is 0 Å². The van der Waals surface area contributed by atoms with E-state index in [1.807, 2.05) is 36.4 Å². The number of halogens is 1. The smallest absolute Gasteiger partial charge is 0.111 e. The summed E-state index contributed by atoms with van der Waals surface area (Å²) in [7, 11) is 0. The van der Waals surface area contributed by atoms with E-state index in [2.05, 4.69) is 34.3 Å². The molecule has 0 aliphatic heterocycles. The van der Waals surface area contributed by atoms with E-state index < -0.39 is 0 Å². The number of nitrogens with zero attached hydrogens (tertiary/aromatic N) is 1. The predicted octanol–water partition coefficient (Wildman–Crippen LogP) is 4.47. The Morgan fingerprint density at radius 2 is 1.95 bits per heavy atom. The van der Waals surface area contributed by atoms with Crippen molar-refractivity contribution in [2.45, 2.75) is 6.42 Å². The summed E-state index contributed by atoms with van der Waals surface area (Å²) in [6.07, 6.45) is 4.98. The third kappa shape index (κ3) is 2.85. The third-order valence-corrected chi connectivity index (χ3v) is 3.15. The highest BCUT2D eigenvalue weighted by Gasteiger charge is 2.01. The Balaban J connectivity index is 1.77. The largest absolute Gasteiger partial charge is 0.342 e. The van der Waals surface area contributed by atoms with Crippen LogP contribution in [0.2, 0.25) is 5.02 Å². The zero-order valence-corrected chi connectivity index (χ0v) is 11.1. The van der Waals surface area contributed by atoms with Crippen LogP contribution in [0.1, 0.15) is 11.4 Å². The van der Waals surface area contributed by atoms with Crippen LogP contribution in [0.4, 0.5) is 0 Å². The molecule has 1 heterocycles. The Hall–Kier alpha value is -2.06. The molecule has 0 unspecified atom stereocenters. The molecular formula is C16H13ClN2. The number of imidazole rings is 1. The molecule has 1 aromatic heterocycles. The minimum absolute atomic E-state index is 0.725. The Labute approximate surface area is 116 Å². The van der Waals surface area contributed by atoms with Gasteiger partial charge in [-0.15, -0.1) is 0 Å². The van der Waals surface area contributed by atoms with Gasteiger partial charge < -0.3 is 4.98 Å². The fourth-order valence-electron chi connectivity index (χ4n) is 2.00. The van der Waals surface area contributed by atoms with Crippen molar-refractivity contribution in [3.63, 3.8) is 0 Å². The Morgan fingerprint density at radius 3 is 2.79 bits per heavy atom. The highest BCUT2D eigenvalue weighted by atomic mass is 35.5. The lowest BCUT2D eigenvalue weighted by Crippen LogP contribution is -1.82. The van der Waals surface area contributed by atoms with Gasteiger partial charge in [0.15, 0.2) is 0 Å². The van der Waals surface area contributed by atoms with Crippen LogP contribution in [0.3, 0.4) is 0 Å². The third-order valence-electron chi connectivity index (χ3n) is 2.91. The SMILES string of the molecule is Clc1ccc2nc(CC=Cc3ccccc3)[nH]c2c1. The monoisotopic (exact) mass is 268 g/mol. The molecule has 0 saturated carbocycles. The lowest BCUT2D eigenvalue weighted by molar-refractivity contribution is 1.08. The van der Waals surface area contributed by atoms with Crippen LogP contribution in [0.15, 0.2) is 54.6 Å². The number of fused-ring (bicyclic) bond motifs is 1. The molecule has 0 saturated heterocycles. The van der Waals surface area contributed by atoms with Crippen LogP contribution in [-0.4, -0.2) is 9.97 Å². The highest BCUT2D eigenvalue weighted by molar-refractivity contribution is 6.31. The first-order valence-electron chi connectivity index (χ1n) is 6.17. The Kier molecular flexibility index (Phi) is 3.34. The van der Waals surface area contributed by atoms with Crippen LogP contribution in [0.5, 0.6) is 0 Å². The highest BCUT2D eigenvalue weighted by Crippen LogP contribution is 2.17. The van der Waals surface area contributed by atoms with Crippen molar-refractivity contribution < 1.29 is 0 Å². The molecule has 3 rings (SSSR count). The summed E-state index contributed by atoms with van der Waals surface area (Å²) >= 11 is 5.95. The van der Waals surface area contributed by atoms with Crippen molar-refractivity contribution in [1.82, 2.24) is 9.97 Å². The van der Waals surface area contributed by atoms with Gasteiger partial charge in [0, 0.05) is 11.4 Å². The first kappa shape index (κ1) is 12.0. The number of benzene rings is 2. The molecule has 2 aromatic carbocycles. The summed E-state index contributed by atoms with van der Waals surface area (Å²) in [6.45, 7) is 0. The molecule has 0 spiro atoms. The van der Waals surface area contributed by atoms with E-state index in [-0.39, 0.29) is 0 Å². The average molecular weight is 269 g/mol. The van der Waals surface area contributed by atoms with Crippen molar-refractivity contribution in [3.8, 4) is 0 Å². The van der Waals surface area contributed by atoms with Gasteiger partial charge in [0.1, 0.15) is 5.82 Å². The second-order valence-corrected chi connectivity index (χ2v) is 4.80. The van der Waals surface area contributed by atoms with Crippen molar-refractivity contribution in [2.24, 2.45) is 0 Å². The van der Waals surface area contributed by atoms with Gasteiger partial charge in [0.25, 0.3) is 0 Å². The number of allylic oxidation sites excluding steroid dienone is 1. The topological polar surface area (TPSA) is 28.7 Å². The lowest BCUT2D eigenvalue weighted by Gasteiger charge is -1.91. The van der Waals surface area contributed by atoms with E-state index in [1.165, 1.54) is 5.56 Å². The summed E-state index contributed by atoms with van der Waals surface area (Å²) in [5.74, 6) is 0.949. The minimum Gasteiger partial charge on any atom is -0.342 e. The molecule has 1 N–H and O–H groups in total. The fraction of sp³-hybridized carbons (Fsp3) is 0.0625. The van der Waals surface area contributed by atoms with E-state index in [0.717, 1.165) is 28.3 Å². The van der Waals surface area contributed by atoms with E-state index in [1.54, 1.807) is 0 Å². The zero-order chi connectivity index (χ0) is 13.1. The quantitative estimate of drug-likeness (QED) is 0.746. The van der Waals surface area contributed by atoms with Crippen molar-refractivity contribution in [1.29, 1.82) is 0 Å². The molecule has 0 bridgehead atoms. The van der Waals surface area contributed by atoms with Gasteiger partial charge in [-0.05, 0) is 23.8 Å². The first-order chi connectivity index (χ1) is 9.31. The van der Waals surface area contributed by atoms with Crippen LogP contribution < -0.4 is 0 Å². The summed E-state index contributed by atoms with van der Waals surface area (Å²) in [5, 5.41) is 0.725. The second kappa shape index (κ2) is 5.29. The van der Waals surface area contributed by atoms with Gasteiger partial charge in [-0.1, -0.05) is 54.1 Å². The number of aromatic nitrogens is 2. The van der Waals surface area contributed by atoms with Gasteiger partial charge in [0.2, 0.25) is 0 Å². The van der Waals surface area contributed by atoms with E-state index in [9.17, 15) is 0 Å². The van der Waals surface area contributed by atoms with E-state index in [0.29, 0.717) is 0 Å². The molecule has 0 radical (unpaired) electrons. The maximum atomic E-state index is 5.95. The minimum atomic E-state index is 0.725. The molecular weight excluding hydrogens is 256 g/mol. The van der Waals surface area contributed by atoms with Gasteiger partial charge in [-0.25, -0.2) is 4.98 Å². The normalized spacial score (nSPS) is 11.4. The number of rotatable bonds is 3. The van der Waals surface area contributed by atoms with Crippen molar-refractivity contribution >= 4 is 28.7 Å². The summed E-state index contributed by atoms with van der Waals surface area (Å²) in [5.41, 5.74) is 3.13. The van der Waals surface area contributed by atoms with Gasteiger partial charge in [-0.2, -0.15) is 0 Å². The predicted molar refractivity (Wildman–Crippen MR) is 80.3 cm³/mol. The van der Waals surface area contributed by atoms with Crippen LogP contribution >= 0.6 is 11.6 Å². The van der Waals surface area contributed by atoms with Gasteiger partial charge in [0.05, 0.1) is 11.0 Å². The average Bonchev–Trinajstić information content (AvgIpc) is 2.82. The number of aromatic amines is 1. The molecule has 3 heteroatoms. The molecule has 3 aromatic rings. The fourth-order valence-corrected chi connectivity index (χ4v) is 2.17. The van der Waals surface area contributed by atoms with Crippen LogP contribution in [0, 0.1) is 0 Å². The zero-order valence-electron chi connectivity index (χ0n) is 10.3. The maximum absolute atomic E-state index is 5.95. The van der Waals surface area contributed by atoms with E-state index in [4.69, 9.17) is 11.6 Å². The second-order valence-electron chi connectivity index (χ2n) is 4.36. The molecule has 0 atom stereocenters. The molecule has 0 aliphatic rings. The molecule has 19 heavy (non-hydrogen) atoms. The maximum Gasteiger partial charge on any atom is 0.111 e. The molecule has 0 aliphatic carbocycles. The van der Waals surface area contributed by atoms with Crippen molar-refractivity contribution in [3.05, 3.63) is 71.0 Å². The summed E-state index contributed by atoms with van der Waals surface area (Å²) in [6, 6.07) is 15.9. The number of nitrogens with one attached hydrogen (secondary N) is 1. The lowest BCUT2D eigenvalue weighted by atomic mass is 10.2. The molecule has 2 nitrogen and oxygen atoms in total. The summed E-state index contributed by atoms with van der Waals surface area (Å²) < 4.78 is 0.